The second-order valence-corrected chi connectivity index (χ2v) is 2.19. The number of likely N-dealkylation sites (N-methyl/N-ethyl adjacent to an activating group) is 1. The maximum Gasteiger partial charge on any atom is 0.325 e. The van der Waals surface area contributed by atoms with E-state index in [-0.39, 0.29) is 6.61 Å². The van der Waals surface area contributed by atoms with Crippen molar-refractivity contribution < 1.29 is 14.6 Å². The van der Waals surface area contributed by atoms with Crippen LogP contribution in [0.1, 0.15) is 0 Å². The lowest BCUT2D eigenvalue weighted by atomic mass is 10.3. The van der Waals surface area contributed by atoms with Crippen molar-refractivity contribution in [2.45, 2.75) is 6.04 Å². The van der Waals surface area contributed by atoms with E-state index in [1.165, 1.54) is 7.11 Å². The van der Waals surface area contributed by atoms with Crippen molar-refractivity contribution >= 4 is 5.97 Å². The molecule has 4 heteroatoms. The van der Waals surface area contributed by atoms with Crippen molar-refractivity contribution in [3.63, 3.8) is 0 Å². The van der Waals surface area contributed by atoms with Crippen molar-refractivity contribution in [3.05, 3.63) is 0 Å². The van der Waals surface area contributed by atoms with Crippen LogP contribution in [0.4, 0.5) is 0 Å². The minimum absolute atomic E-state index is 0.209. The van der Waals surface area contributed by atoms with Gasteiger partial charge in [-0.25, -0.2) is 0 Å². The molecule has 0 fully saturated rings. The molecule has 0 radical (unpaired) electrons. The number of esters is 1. The molecule has 0 saturated carbocycles. The molecule has 0 aliphatic rings. The van der Waals surface area contributed by atoms with Gasteiger partial charge >= 0.3 is 5.97 Å². The van der Waals surface area contributed by atoms with Gasteiger partial charge in [0, 0.05) is 0 Å². The minimum Gasteiger partial charge on any atom is -0.468 e. The molecule has 0 rings (SSSR count). The number of nitrogens with zero attached hydrogens (tertiary/aromatic N) is 1. The molecule has 0 spiro atoms. The van der Waals surface area contributed by atoms with Crippen LogP contribution in [0.5, 0.6) is 0 Å². The Kier molecular flexibility index (Phi) is 3.99. The molecule has 0 saturated heterocycles. The quantitative estimate of drug-likeness (QED) is 0.525. The molecule has 10 heavy (non-hydrogen) atoms. The second-order valence-electron chi connectivity index (χ2n) is 2.19. The molecule has 0 unspecified atom stereocenters. The summed E-state index contributed by atoms with van der Waals surface area (Å²) in [6.45, 7) is -0.209. The zero-order valence-electron chi connectivity index (χ0n) is 6.50. The summed E-state index contributed by atoms with van der Waals surface area (Å²) in [7, 11) is 4.71. The molecule has 0 amide bonds. The van der Waals surface area contributed by atoms with Gasteiger partial charge in [0.1, 0.15) is 6.04 Å². The Morgan fingerprint density at radius 3 is 2.30 bits per heavy atom. The van der Waals surface area contributed by atoms with Crippen molar-refractivity contribution in [2.24, 2.45) is 0 Å². The molecule has 0 aliphatic carbocycles. The smallest absolute Gasteiger partial charge is 0.325 e. The third-order valence-corrected chi connectivity index (χ3v) is 1.27. The lowest BCUT2D eigenvalue weighted by Gasteiger charge is -2.18. The predicted octanol–water partition coefficient (Wildman–Crippen LogP) is -0.918. The van der Waals surface area contributed by atoms with Crippen LogP contribution in [0.2, 0.25) is 0 Å². The summed E-state index contributed by atoms with van der Waals surface area (Å²) < 4.78 is 4.42. The molecule has 4 nitrogen and oxygen atoms in total. The first-order valence-corrected chi connectivity index (χ1v) is 2.98. The van der Waals surface area contributed by atoms with Crippen LogP contribution in [0.25, 0.3) is 0 Å². The highest BCUT2D eigenvalue weighted by Gasteiger charge is 2.19. The van der Waals surface area contributed by atoms with Gasteiger partial charge < -0.3 is 9.84 Å². The summed E-state index contributed by atoms with van der Waals surface area (Å²) in [5, 5.41) is 8.66. The number of rotatable bonds is 3. The third kappa shape index (κ3) is 2.33. The van der Waals surface area contributed by atoms with Crippen molar-refractivity contribution in [1.29, 1.82) is 0 Å². The monoisotopic (exact) mass is 147 g/mol. The van der Waals surface area contributed by atoms with Crippen molar-refractivity contribution in [3.8, 4) is 0 Å². The van der Waals surface area contributed by atoms with Crippen molar-refractivity contribution in [2.75, 3.05) is 27.8 Å². The van der Waals surface area contributed by atoms with Crippen LogP contribution in [0, 0.1) is 0 Å². The number of carbonyl (C=O) groups is 1. The summed E-state index contributed by atoms with van der Waals surface area (Å²) >= 11 is 0. The fourth-order valence-electron chi connectivity index (χ4n) is 0.585. The number of aliphatic hydroxyl groups is 1. The first-order valence-electron chi connectivity index (χ1n) is 2.98. The SMILES string of the molecule is COC(=O)[C@H](CO)N(C)C. The van der Waals surface area contributed by atoms with E-state index in [1.54, 1.807) is 19.0 Å². The molecule has 0 aromatic carbocycles. The number of hydrogen-bond donors (Lipinski definition) is 1. The molecule has 0 bridgehead atoms. The van der Waals surface area contributed by atoms with Gasteiger partial charge in [-0.2, -0.15) is 0 Å². The summed E-state index contributed by atoms with van der Waals surface area (Å²) in [5.74, 6) is -0.410. The van der Waals surface area contributed by atoms with E-state index in [0.29, 0.717) is 0 Å². The molecule has 1 atom stereocenters. The third-order valence-electron chi connectivity index (χ3n) is 1.27. The number of aliphatic hydroxyl groups excluding tert-OH is 1. The summed E-state index contributed by atoms with van der Waals surface area (Å²) in [6, 6.07) is -0.537. The predicted molar refractivity (Wildman–Crippen MR) is 36.6 cm³/mol. The molecule has 0 aromatic heterocycles. The number of methoxy groups -OCH3 is 1. The van der Waals surface area contributed by atoms with Gasteiger partial charge in [0.2, 0.25) is 0 Å². The van der Waals surface area contributed by atoms with Crippen LogP contribution in [0.3, 0.4) is 0 Å². The molecular formula is C6H13NO3. The standard InChI is InChI=1S/C6H13NO3/c1-7(2)5(4-8)6(9)10-3/h5,8H,4H2,1-3H3/t5-/m0/s1. The molecule has 0 aromatic rings. The number of carbonyl (C=O) groups excluding carboxylic acids is 1. The Labute approximate surface area is 60.4 Å². The van der Waals surface area contributed by atoms with Gasteiger partial charge in [0.25, 0.3) is 0 Å². The second kappa shape index (κ2) is 4.24. The van der Waals surface area contributed by atoms with Crippen LogP contribution >= 0.6 is 0 Å². The van der Waals surface area contributed by atoms with E-state index in [4.69, 9.17) is 5.11 Å². The summed E-state index contributed by atoms with van der Waals surface area (Å²) in [6.07, 6.45) is 0. The Morgan fingerprint density at radius 1 is 1.70 bits per heavy atom. The fourth-order valence-corrected chi connectivity index (χ4v) is 0.585. The molecule has 0 aliphatic heterocycles. The van der Waals surface area contributed by atoms with Crippen LogP contribution < -0.4 is 0 Å². The number of hydrogen-bond acceptors (Lipinski definition) is 4. The van der Waals surface area contributed by atoms with E-state index in [9.17, 15) is 4.79 Å². The van der Waals surface area contributed by atoms with Gasteiger partial charge in [-0.05, 0) is 14.1 Å². The Bertz CT molecular complexity index is 114. The summed E-state index contributed by atoms with van der Waals surface area (Å²) in [5.41, 5.74) is 0. The van der Waals surface area contributed by atoms with Gasteiger partial charge in [0.15, 0.2) is 0 Å². The van der Waals surface area contributed by atoms with Gasteiger partial charge in [-0.1, -0.05) is 0 Å². The maximum absolute atomic E-state index is 10.8. The first kappa shape index (κ1) is 9.39. The van der Waals surface area contributed by atoms with Gasteiger partial charge in [0.05, 0.1) is 13.7 Å². The van der Waals surface area contributed by atoms with Crippen LogP contribution in [0.15, 0.2) is 0 Å². The lowest BCUT2D eigenvalue weighted by Crippen LogP contribution is -2.39. The zero-order valence-corrected chi connectivity index (χ0v) is 6.50. The first-order chi connectivity index (χ1) is 4.63. The van der Waals surface area contributed by atoms with Crippen molar-refractivity contribution in [1.82, 2.24) is 4.90 Å². The average Bonchev–Trinajstić information content (AvgIpc) is 1.88. The van der Waals surface area contributed by atoms with Gasteiger partial charge in [-0.3, -0.25) is 9.69 Å². The van der Waals surface area contributed by atoms with E-state index in [2.05, 4.69) is 4.74 Å². The fraction of sp³-hybridized carbons (Fsp3) is 0.833. The van der Waals surface area contributed by atoms with Gasteiger partial charge in [-0.15, -0.1) is 0 Å². The van der Waals surface area contributed by atoms with E-state index in [1.807, 2.05) is 0 Å². The van der Waals surface area contributed by atoms with Crippen LogP contribution in [-0.2, 0) is 9.53 Å². The summed E-state index contributed by atoms with van der Waals surface area (Å²) in [4.78, 5) is 12.4. The Balaban J connectivity index is 3.93. The lowest BCUT2D eigenvalue weighted by molar-refractivity contribution is -0.147. The number of ether oxygens (including phenoxy) is 1. The maximum atomic E-state index is 10.8. The van der Waals surface area contributed by atoms with E-state index < -0.39 is 12.0 Å². The molecular weight excluding hydrogens is 134 g/mol. The average molecular weight is 147 g/mol. The van der Waals surface area contributed by atoms with E-state index in [0.717, 1.165) is 0 Å². The largest absolute Gasteiger partial charge is 0.468 e. The highest BCUT2D eigenvalue weighted by molar-refractivity contribution is 5.75. The Morgan fingerprint density at radius 2 is 2.20 bits per heavy atom. The molecule has 1 N–H and O–H groups in total. The normalized spacial score (nSPS) is 13.3. The van der Waals surface area contributed by atoms with E-state index >= 15 is 0 Å². The zero-order chi connectivity index (χ0) is 8.15. The highest BCUT2D eigenvalue weighted by atomic mass is 16.5. The topological polar surface area (TPSA) is 49.8 Å². The molecule has 0 heterocycles. The highest BCUT2D eigenvalue weighted by Crippen LogP contribution is 1.93. The van der Waals surface area contributed by atoms with Crippen LogP contribution in [-0.4, -0.2) is 49.8 Å². The minimum atomic E-state index is -0.537. The Hall–Kier alpha value is -0.610. The molecule has 60 valence electrons.